The lowest BCUT2D eigenvalue weighted by molar-refractivity contribution is -0.141. The van der Waals surface area contributed by atoms with Gasteiger partial charge in [-0.3, -0.25) is 4.79 Å². The standard InChI is InChI=1S/C14H17NO3/c1-2-6-13(16)15-12(14(17)18)10-9-11-7-4-3-5-8-11/h2-5,7-8,12H,1,6,9-10H2,(H,15,16)(H,17,18)/t12-/m0/s1. The molecule has 0 radical (unpaired) electrons. The van der Waals surface area contributed by atoms with E-state index in [1.165, 1.54) is 6.08 Å². The predicted molar refractivity (Wildman–Crippen MR) is 69.1 cm³/mol. The Balaban J connectivity index is 2.51. The highest BCUT2D eigenvalue weighted by molar-refractivity contribution is 5.84. The summed E-state index contributed by atoms with van der Waals surface area (Å²) in [6.07, 6.45) is 2.58. The van der Waals surface area contributed by atoms with E-state index in [4.69, 9.17) is 5.11 Å². The number of hydrogen-bond acceptors (Lipinski definition) is 2. The third-order valence-electron chi connectivity index (χ3n) is 2.53. The van der Waals surface area contributed by atoms with E-state index in [1.807, 2.05) is 30.3 Å². The maximum absolute atomic E-state index is 11.3. The lowest BCUT2D eigenvalue weighted by atomic mass is 10.1. The Morgan fingerprint density at radius 1 is 1.33 bits per heavy atom. The Hall–Kier alpha value is -2.10. The van der Waals surface area contributed by atoms with Crippen LogP contribution >= 0.6 is 0 Å². The normalized spacial score (nSPS) is 11.6. The maximum Gasteiger partial charge on any atom is 0.326 e. The average Bonchev–Trinajstić information content (AvgIpc) is 2.35. The summed E-state index contributed by atoms with van der Waals surface area (Å²) in [7, 11) is 0. The van der Waals surface area contributed by atoms with E-state index in [0.29, 0.717) is 12.8 Å². The molecule has 4 nitrogen and oxygen atoms in total. The van der Waals surface area contributed by atoms with E-state index in [-0.39, 0.29) is 12.3 Å². The van der Waals surface area contributed by atoms with E-state index >= 15 is 0 Å². The summed E-state index contributed by atoms with van der Waals surface area (Å²) in [5.41, 5.74) is 1.06. The Kier molecular flexibility index (Phi) is 5.64. The highest BCUT2D eigenvalue weighted by atomic mass is 16.4. The molecule has 1 amide bonds. The third kappa shape index (κ3) is 4.82. The van der Waals surface area contributed by atoms with Gasteiger partial charge in [-0.25, -0.2) is 4.79 Å². The monoisotopic (exact) mass is 247 g/mol. The molecule has 0 fully saturated rings. The van der Waals surface area contributed by atoms with Gasteiger partial charge in [-0.05, 0) is 18.4 Å². The zero-order valence-corrected chi connectivity index (χ0v) is 10.1. The van der Waals surface area contributed by atoms with Gasteiger partial charge in [-0.15, -0.1) is 6.58 Å². The first kappa shape index (κ1) is 14.0. The van der Waals surface area contributed by atoms with Crippen molar-refractivity contribution in [2.24, 2.45) is 0 Å². The van der Waals surface area contributed by atoms with Crippen LogP contribution in [0.4, 0.5) is 0 Å². The molecule has 1 rings (SSSR count). The Morgan fingerprint density at radius 2 is 2.00 bits per heavy atom. The van der Waals surface area contributed by atoms with Crippen molar-refractivity contribution in [1.29, 1.82) is 0 Å². The summed E-state index contributed by atoms with van der Waals surface area (Å²) >= 11 is 0. The van der Waals surface area contributed by atoms with Crippen LogP contribution in [0.1, 0.15) is 18.4 Å². The zero-order valence-electron chi connectivity index (χ0n) is 10.1. The minimum absolute atomic E-state index is 0.134. The summed E-state index contributed by atoms with van der Waals surface area (Å²) in [6, 6.07) is 8.74. The molecule has 0 unspecified atom stereocenters. The van der Waals surface area contributed by atoms with Gasteiger partial charge in [0, 0.05) is 6.42 Å². The maximum atomic E-state index is 11.3. The Labute approximate surface area is 106 Å². The topological polar surface area (TPSA) is 66.4 Å². The number of nitrogens with one attached hydrogen (secondary N) is 1. The third-order valence-corrected chi connectivity index (χ3v) is 2.53. The molecule has 0 saturated heterocycles. The van der Waals surface area contributed by atoms with E-state index < -0.39 is 12.0 Å². The van der Waals surface area contributed by atoms with Gasteiger partial charge in [0.05, 0.1) is 0 Å². The number of carbonyl (C=O) groups is 2. The number of aliphatic carboxylic acids is 1. The van der Waals surface area contributed by atoms with Gasteiger partial charge in [0.1, 0.15) is 6.04 Å². The largest absolute Gasteiger partial charge is 0.480 e. The smallest absolute Gasteiger partial charge is 0.326 e. The molecule has 4 heteroatoms. The Morgan fingerprint density at radius 3 is 2.56 bits per heavy atom. The molecule has 0 aliphatic carbocycles. The Bertz CT molecular complexity index is 414. The van der Waals surface area contributed by atoms with Crippen molar-refractivity contribution in [1.82, 2.24) is 5.32 Å². The average molecular weight is 247 g/mol. The van der Waals surface area contributed by atoms with Gasteiger partial charge in [-0.2, -0.15) is 0 Å². The number of carboxylic acid groups (broad SMARTS) is 1. The highest BCUT2D eigenvalue weighted by Gasteiger charge is 2.18. The molecule has 0 saturated carbocycles. The molecule has 1 atom stereocenters. The first-order valence-corrected chi connectivity index (χ1v) is 5.80. The molecule has 0 aromatic heterocycles. The lowest BCUT2D eigenvalue weighted by Crippen LogP contribution is -2.40. The molecule has 18 heavy (non-hydrogen) atoms. The van der Waals surface area contributed by atoms with E-state index in [9.17, 15) is 9.59 Å². The molecule has 0 aliphatic heterocycles. The van der Waals surface area contributed by atoms with Crippen LogP contribution in [0.2, 0.25) is 0 Å². The van der Waals surface area contributed by atoms with Crippen LogP contribution in [0.5, 0.6) is 0 Å². The number of carbonyl (C=O) groups excluding carboxylic acids is 1. The van der Waals surface area contributed by atoms with Crippen molar-refractivity contribution in [3.05, 3.63) is 48.6 Å². The second kappa shape index (κ2) is 7.27. The minimum atomic E-state index is -1.01. The molecule has 0 heterocycles. The predicted octanol–water partition coefficient (Wildman–Crippen LogP) is 1.76. The molecule has 1 aromatic carbocycles. The van der Waals surface area contributed by atoms with Gasteiger partial charge < -0.3 is 10.4 Å². The van der Waals surface area contributed by atoms with E-state index in [1.54, 1.807) is 0 Å². The number of aryl methyl sites for hydroxylation is 1. The lowest BCUT2D eigenvalue weighted by Gasteiger charge is -2.13. The summed E-state index contributed by atoms with van der Waals surface area (Å²) in [5.74, 6) is -1.33. The van der Waals surface area contributed by atoms with Crippen molar-refractivity contribution in [2.75, 3.05) is 0 Å². The van der Waals surface area contributed by atoms with Gasteiger partial charge in [0.15, 0.2) is 0 Å². The van der Waals surface area contributed by atoms with Gasteiger partial charge in [0.2, 0.25) is 5.91 Å². The number of rotatable bonds is 7. The summed E-state index contributed by atoms with van der Waals surface area (Å²) in [4.78, 5) is 22.3. The van der Waals surface area contributed by atoms with Crippen LogP contribution in [0.15, 0.2) is 43.0 Å². The quantitative estimate of drug-likeness (QED) is 0.721. The number of amides is 1. The fourth-order valence-electron chi connectivity index (χ4n) is 1.60. The number of benzene rings is 1. The second-order valence-electron chi connectivity index (χ2n) is 3.98. The van der Waals surface area contributed by atoms with Gasteiger partial charge in [-0.1, -0.05) is 36.4 Å². The molecular weight excluding hydrogens is 230 g/mol. The first-order valence-electron chi connectivity index (χ1n) is 5.80. The number of carboxylic acids is 1. The molecule has 96 valence electrons. The van der Waals surface area contributed by atoms with Gasteiger partial charge in [0.25, 0.3) is 0 Å². The van der Waals surface area contributed by atoms with Crippen LogP contribution in [0.3, 0.4) is 0 Å². The SMILES string of the molecule is C=CCC(=O)N[C@@H](CCc1ccccc1)C(=O)O. The summed E-state index contributed by atoms with van der Waals surface area (Å²) < 4.78 is 0. The van der Waals surface area contributed by atoms with E-state index in [0.717, 1.165) is 5.56 Å². The van der Waals surface area contributed by atoms with E-state index in [2.05, 4.69) is 11.9 Å². The van der Waals surface area contributed by atoms with Crippen molar-refractivity contribution in [3.8, 4) is 0 Å². The second-order valence-corrected chi connectivity index (χ2v) is 3.98. The van der Waals surface area contributed by atoms with Crippen LogP contribution in [0, 0.1) is 0 Å². The fraction of sp³-hybridized carbons (Fsp3) is 0.286. The zero-order chi connectivity index (χ0) is 13.4. The number of hydrogen-bond donors (Lipinski definition) is 2. The van der Waals surface area contributed by atoms with Crippen molar-refractivity contribution in [2.45, 2.75) is 25.3 Å². The van der Waals surface area contributed by atoms with Crippen LogP contribution in [0.25, 0.3) is 0 Å². The molecule has 0 aliphatic rings. The van der Waals surface area contributed by atoms with Crippen molar-refractivity contribution in [3.63, 3.8) is 0 Å². The van der Waals surface area contributed by atoms with Crippen molar-refractivity contribution < 1.29 is 14.7 Å². The highest BCUT2D eigenvalue weighted by Crippen LogP contribution is 2.05. The van der Waals surface area contributed by atoms with Crippen molar-refractivity contribution >= 4 is 11.9 Å². The summed E-state index contributed by atoms with van der Waals surface area (Å²) in [6.45, 7) is 3.44. The van der Waals surface area contributed by atoms with Crippen LogP contribution in [-0.2, 0) is 16.0 Å². The molecule has 2 N–H and O–H groups in total. The molecule has 0 spiro atoms. The van der Waals surface area contributed by atoms with Gasteiger partial charge >= 0.3 is 5.97 Å². The minimum Gasteiger partial charge on any atom is -0.480 e. The van der Waals surface area contributed by atoms with Crippen LogP contribution < -0.4 is 5.32 Å². The molecule has 0 bridgehead atoms. The van der Waals surface area contributed by atoms with Crippen LogP contribution in [-0.4, -0.2) is 23.0 Å². The molecular formula is C14H17NO3. The first-order chi connectivity index (χ1) is 8.63. The molecule has 1 aromatic rings. The fourth-order valence-corrected chi connectivity index (χ4v) is 1.60. The summed E-state index contributed by atoms with van der Waals surface area (Å²) in [5, 5.41) is 11.5.